The molecule has 0 saturated heterocycles. The number of ketones is 1. The first-order chi connectivity index (χ1) is 22.0. The number of carbonyl (C=O) groups is 3. The molecule has 2 aromatic rings. The van der Waals surface area contributed by atoms with E-state index in [-0.39, 0.29) is 52.6 Å². The maximum absolute atomic E-state index is 13.5. The quantitative estimate of drug-likeness (QED) is 0.0768. The number of carboxylic acids is 2. The Kier molecular flexibility index (Phi) is 13.6. The van der Waals surface area contributed by atoms with Crippen molar-refractivity contribution in [3.8, 4) is 11.5 Å². The minimum absolute atomic E-state index is 0.0236. The number of hydrogen-bond acceptors (Lipinski definition) is 9. The number of aromatic hydroxyl groups is 1. The van der Waals surface area contributed by atoms with Crippen LogP contribution >= 0.6 is 12.2 Å². The van der Waals surface area contributed by atoms with Crippen LogP contribution in [0.15, 0.2) is 45.6 Å². The van der Waals surface area contributed by atoms with Crippen LogP contribution in [0.3, 0.4) is 0 Å². The second-order valence-corrected chi connectivity index (χ2v) is 11.6. The molecule has 0 spiro atoms. The Morgan fingerprint density at radius 1 is 1.13 bits per heavy atom. The number of Topliss-reactive ketones (excluding diaryl/α,β-unsaturated/α-hetero) is 1. The summed E-state index contributed by atoms with van der Waals surface area (Å²) in [5, 5.41) is 40.6. The van der Waals surface area contributed by atoms with Crippen molar-refractivity contribution in [3.05, 3.63) is 79.7 Å². The minimum Gasteiger partial charge on any atom is -0.507 e. The molecule has 0 saturated carbocycles. The minimum atomic E-state index is -1.47. The monoisotopic (exact) mass is 652 g/mol. The van der Waals surface area contributed by atoms with Crippen LogP contribution in [0.2, 0.25) is 0 Å². The van der Waals surface area contributed by atoms with Crippen molar-refractivity contribution in [2.75, 3.05) is 6.61 Å². The number of unbranched alkanes of at least 4 members (excludes halogenated alkanes) is 2. The summed E-state index contributed by atoms with van der Waals surface area (Å²) < 4.78 is 11.5. The molecule has 0 radical (unpaired) electrons. The number of aliphatic carboxylic acids is 1. The predicted octanol–water partition coefficient (Wildman–Crippen LogP) is 4.59. The number of phenolic OH excluding ortho intramolecular Hbond substituents is 1. The number of ether oxygens (including phenoxy) is 1. The molecule has 1 aromatic heterocycles. The maximum atomic E-state index is 13.5. The molecule has 1 heterocycles. The summed E-state index contributed by atoms with van der Waals surface area (Å²) in [6.45, 7) is 3.80. The molecule has 246 valence electrons. The number of allylic oxidation sites excluding steroid dienone is 3. The van der Waals surface area contributed by atoms with E-state index in [4.69, 9.17) is 26.5 Å². The third-order valence-corrected chi connectivity index (χ3v) is 7.84. The number of carboxylic acid groups (broad SMARTS) is 2. The zero-order chi connectivity index (χ0) is 33.8. The van der Waals surface area contributed by atoms with Crippen LogP contribution in [0.25, 0.3) is 12.2 Å². The predicted molar refractivity (Wildman–Crippen MR) is 177 cm³/mol. The smallest absolute Gasteiger partial charge is 0.372 e. The van der Waals surface area contributed by atoms with Gasteiger partial charge in [-0.1, -0.05) is 55.9 Å². The van der Waals surface area contributed by atoms with Crippen LogP contribution < -0.4 is 20.8 Å². The maximum Gasteiger partial charge on any atom is 0.372 e. The van der Waals surface area contributed by atoms with Crippen LogP contribution in [-0.4, -0.2) is 55.7 Å². The molecule has 1 aliphatic rings. The SMILES string of the molecule is CCCc1c(OCCCC/C=C\C=C\[C@@H](c2c(C(=O)O)oc3c(c2=O)=CCC(=S)C=3)[C@H](O)CCCC(=O)O)ccc(C(C)=O)c1O. The summed E-state index contributed by atoms with van der Waals surface area (Å²) >= 11 is 5.17. The fourth-order valence-electron chi connectivity index (χ4n) is 5.24. The van der Waals surface area contributed by atoms with Crippen LogP contribution in [0.5, 0.6) is 11.5 Å². The van der Waals surface area contributed by atoms with Crippen molar-refractivity contribution in [2.45, 2.75) is 83.7 Å². The lowest BCUT2D eigenvalue weighted by Crippen LogP contribution is -2.45. The molecule has 0 unspecified atom stereocenters. The molecule has 0 amide bonds. The number of phenols is 1. The number of aliphatic hydroxyl groups is 1. The second kappa shape index (κ2) is 17.4. The van der Waals surface area contributed by atoms with Crippen molar-refractivity contribution in [1.29, 1.82) is 0 Å². The van der Waals surface area contributed by atoms with E-state index >= 15 is 0 Å². The molecular weight excluding hydrogens is 612 g/mol. The van der Waals surface area contributed by atoms with Gasteiger partial charge in [-0.05, 0) is 63.7 Å². The summed E-state index contributed by atoms with van der Waals surface area (Å²) in [5.74, 6) is -3.85. The van der Waals surface area contributed by atoms with E-state index in [0.29, 0.717) is 42.0 Å². The van der Waals surface area contributed by atoms with Gasteiger partial charge in [-0.3, -0.25) is 14.4 Å². The third-order valence-electron chi connectivity index (χ3n) is 7.55. The molecule has 0 aliphatic heterocycles. The van der Waals surface area contributed by atoms with Gasteiger partial charge in [-0.2, -0.15) is 0 Å². The van der Waals surface area contributed by atoms with Crippen LogP contribution in [0.1, 0.15) is 103 Å². The second-order valence-electron chi connectivity index (χ2n) is 11.1. The van der Waals surface area contributed by atoms with Gasteiger partial charge in [0.25, 0.3) is 0 Å². The summed E-state index contributed by atoms with van der Waals surface area (Å²) in [7, 11) is 0. The Morgan fingerprint density at radius 3 is 2.57 bits per heavy atom. The van der Waals surface area contributed by atoms with E-state index in [2.05, 4.69) is 0 Å². The van der Waals surface area contributed by atoms with Gasteiger partial charge in [0.15, 0.2) is 11.2 Å². The molecule has 1 aromatic carbocycles. The highest BCUT2D eigenvalue weighted by molar-refractivity contribution is 7.81. The lowest BCUT2D eigenvalue weighted by Gasteiger charge is -2.21. The van der Waals surface area contributed by atoms with Gasteiger partial charge in [-0.15, -0.1) is 0 Å². The lowest BCUT2D eigenvalue weighted by molar-refractivity contribution is -0.137. The highest BCUT2D eigenvalue weighted by Gasteiger charge is 2.30. The molecule has 10 nitrogen and oxygen atoms in total. The molecule has 2 atom stereocenters. The average Bonchev–Trinajstić information content (AvgIpc) is 2.99. The number of hydrogen-bond donors (Lipinski definition) is 4. The van der Waals surface area contributed by atoms with Crippen molar-refractivity contribution in [3.63, 3.8) is 0 Å². The number of thiocarbonyl (C=S) groups is 1. The molecule has 46 heavy (non-hydrogen) atoms. The van der Waals surface area contributed by atoms with Crippen LogP contribution in [0.4, 0.5) is 0 Å². The van der Waals surface area contributed by atoms with Gasteiger partial charge < -0.3 is 29.6 Å². The van der Waals surface area contributed by atoms with E-state index < -0.39 is 35.1 Å². The normalized spacial score (nSPS) is 14.0. The van der Waals surface area contributed by atoms with Crippen LogP contribution in [0, 0.1) is 0 Å². The Bertz CT molecular complexity index is 1700. The largest absolute Gasteiger partial charge is 0.507 e. The molecule has 1 aliphatic carbocycles. The van der Waals surface area contributed by atoms with Gasteiger partial charge in [0.1, 0.15) is 16.9 Å². The van der Waals surface area contributed by atoms with Crippen molar-refractivity contribution >= 4 is 47.0 Å². The zero-order valence-corrected chi connectivity index (χ0v) is 26.8. The Labute approximate surface area is 272 Å². The Balaban J connectivity index is 1.71. The van der Waals surface area contributed by atoms with Gasteiger partial charge in [0.05, 0.1) is 29.1 Å². The van der Waals surface area contributed by atoms with Crippen molar-refractivity contribution in [2.24, 2.45) is 0 Å². The van der Waals surface area contributed by atoms with Gasteiger partial charge in [-0.25, -0.2) is 4.79 Å². The summed E-state index contributed by atoms with van der Waals surface area (Å²) in [5.41, 5.74) is 0.161. The number of carbonyl (C=O) groups excluding carboxylic acids is 1. The first kappa shape index (κ1) is 36.1. The fraction of sp³-hybridized carbons (Fsp3) is 0.400. The highest BCUT2D eigenvalue weighted by Crippen LogP contribution is 2.33. The number of benzene rings is 1. The highest BCUT2D eigenvalue weighted by atomic mass is 32.1. The average molecular weight is 653 g/mol. The molecule has 3 rings (SSSR count). The third kappa shape index (κ3) is 9.58. The Morgan fingerprint density at radius 2 is 1.89 bits per heavy atom. The van der Waals surface area contributed by atoms with Crippen LogP contribution in [-0.2, 0) is 11.2 Å². The van der Waals surface area contributed by atoms with E-state index in [0.717, 1.165) is 19.3 Å². The number of fused-ring (bicyclic) bond motifs is 1. The number of aliphatic hydroxyl groups excluding tert-OH is 1. The fourth-order valence-corrected chi connectivity index (χ4v) is 5.43. The van der Waals surface area contributed by atoms with Gasteiger partial charge >= 0.3 is 11.9 Å². The summed E-state index contributed by atoms with van der Waals surface area (Å²) in [6.07, 6.45) is 12.4. The topological polar surface area (TPSA) is 172 Å². The van der Waals surface area contributed by atoms with Crippen molar-refractivity contribution < 1.29 is 44.0 Å². The summed E-state index contributed by atoms with van der Waals surface area (Å²) in [6, 6.07) is 3.28. The van der Waals surface area contributed by atoms with E-state index in [1.165, 1.54) is 19.1 Å². The molecule has 11 heteroatoms. The summed E-state index contributed by atoms with van der Waals surface area (Å²) in [4.78, 5) is 48.9. The molecular formula is C35H40O10S. The molecule has 0 fully saturated rings. The lowest BCUT2D eigenvalue weighted by atomic mass is 9.88. The van der Waals surface area contributed by atoms with Crippen molar-refractivity contribution in [1.82, 2.24) is 0 Å². The number of rotatable bonds is 18. The first-order valence-electron chi connectivity index (χ1n) is 15.3. The molecule has 4 N–H and O–H groups in total. The number of aromatic carboxylic acids is 1. The van der Waals surface area contributed by atoms with Gasteiger partial charge in [0, 0.05) is 29.2 Å². The standard InChI is InChI=1S/C35H40O10S/c1-3-11-25-28(18-17-23(21(2)36)32(25)40)44-19-9-7-5-4-6-8-12-24(27(37)13-10-14-30(38)39)31-33(41)26-16-15-22(46)20-29(26)45-34(31)35(42)43/h4,6,8,12,16-18,20,24,27,37,40H,3,5,7,9-11,13-15,19H2,1-2H3,(H,38,39)(H,42,43)/b6-4-,12-8+/t24-,27-/m1/s1. The zero-order valence-electron chi connectivity index (χ0n) is 26.0. The first-order valence-corrected chi connectivity index (χ1v) is 15.7. The van der Waals surface area contributed by atoms with E-state index in [9.17, 15) is 34.5 Å². The molecule has 0 bridgehead atoms. The van der Waals surface area contributed by atoms with E-state index in [1.807, 2.05) is 13.0 Å². The Hall–Kier alpha value is -4.35. The van der Waals surface area contributed by atoms with Gasteiger partial charge in [0.2, 0.25) is 5.76 Å². The van der Waals surface area contributed by atoms with E-state index in [1.54, 1.807) is 30.4 Å².